The lowest BCUT2D eigenvalue weighted by molar-refractivity contribution is -0.216. The standard InChI is InChI=1S/C28H35N3O6S/c1-36-23-14-22-3-2-21(15-25(22)29-16-23)20-4-6-24(7-5-20)38(34,35)30-12-10-28(11-13-30)18-31(26(33)17-37-28)27(19-32)8-9-27/h2-7,14,16,25-26,32-33H,8-13,15,17-19H2,1H3. The van der Waals surface area contributed by atoms with Gasteiger partial charge in [-0.3, -0.25) is 9.89 Å². The summed E-state index contributed by atoms with van der Waals surface area (Å²) >= 11 is 0. The van der Waals surface area contributed by atoms with E-state index < -0.39 is 21.9 Å². The maximum absolute atomic E-state index is 13.5. The molecule has 3 fully saturated rings. The van der Waals surface area contributed by atoms with E-state index in [0.29, 0.717) is 32.5 Å². The van der Waals surface area contributed by atoms with Crippen LogP contribution in [0.1, 0.15) is 37.7 Å². The van der Waals surface area contributed by atoms with Crippen LogP contribution in [0.4, 0.5) is 0 Å². The number of aliphatic imine (C=N–C) groups is 1. The number of ether oxygens (including phenoxy) is 2. The number of allylic oxidation sites excluding steroid dienone is 3. The molecule has 9 nitrogen and oxygen atoms in total. The van der Waals surface area contributed by atoms with Crippen LogP contribution in [0.3, 0.4) is 0 Å². The van der Waals surface area contributed by atoms with Gasteiger partial charge in [-0.25, -0.2) is 8.42 Å². The highest BCUT2D eigenvalue weighted by atomic mass is 32.2. The van der Waals surface area contributed by atoms with Crippen molar-refractivity contribution in [1.29, 1.82) is 0 Å². The van der Waals surface area contributed by atoms with Crippen molar-refractivity contribution in [3.63, 3.8) is 0 Å². The van der Waals surface area contributed by atoms with E-state index in [9.17, 15) is 18.6 Å². The number of fused-ring (bicyclic) bond motifs is 1. The predicted octanol–water partition coefficient (Wildman–Crippen LogP) is 2.08. The number of aliphatic hydroxyl groups is 2. The number of dihydropyridines is 1. The minimum absolute atomic E-state index is 0.0185. The molecule has 1 saturated carbocycles. The first-order valence-corrected chi connectivity index (χ1v) is 14.7. The number of methoxy groups -OCH3 is 1. The molecule has 0 bridgehead atoms. The van der Waals surface area contributed by atoms with Gasteiger partial charge in [0.25, 0.3) is 0 Å². The Morgan fingerprint density at radius 2 is 1.87 bits per heavy atom. The summed E-state index contributed by atoms with van der Waals surface area (Å²) in [5.41, 5.74) is 2.37. The van der Waals surface area contributed by atoms with Crippen molar-refractivity contribution in [3.8, 4) is 0 Å². The van der Waals surface area contributed by atoms with Gasteiger partial charge in [-0.2, -0.15) is 4.31 Å². The van der Waals surface area contributed by atoms with Gasteiger partial charge < -0.3 is 19.7 Å². The molecule has 6 rings (SSSR count). The molecule has 0 radical (unpaired) electrons. The van der Waals surface area contributed by atoms with Gasteiger partial charge in [0, 0.05) is 25.2 Å². The average Bonchev–Trinajstić information content (AvgIpc) is 3.75. The van der Waals surface area contributed by atoms with Gasteiger partial charge in [-0.05, 0) is 67.0 Å². The Labute approximate surface area is 223 Å². The number of hydrogen-bond acceptors (Lipinski definition) is 8. The molecule has 1 aromatic carbocycles. The van der Waals surface area contributed by atoms with E-state index in [4.69, 9.17) is 9.47 Å². The number of sulfonamides is 1. The van der Waals surface area contributed by atoms with Gasteiger partial charge in [-0.15, -0.1) is 0 Å². The molecule has 2 saturated heterocycles. The summed E-state index contributed by atoms with van der Waals surface area (Å²) in [4.78, 5) is 6.85. The van der Waals surface area contributed by atoms with Crippen molar-refractivity contribution in [2.24, 2.45) is 4.99 Å². The quantitative estimate of drug-likeness (QED) is 0.567. The highest BCUT2D eigenvalue weighted by molar-refractivity contribution is 7.89. The molecule has 2 atom stereocenters. The first-order valence-electron chi connectivity index (χ1n) is 13.3. The maximum Gasteiger partial charge on any atom is 0.243 e. The van der Waals surface area contributed by atoms with Gasteiger partial charge in [0.15, 0.2) is 0 Å². The zero-order valence-corrected chi connectivity index (χ0v) is 22.4. The molecule has 1 spiro atoms. The third-order valence-electron chi connectivity index (χ3n) is 8.79. The summed E-state index contributed by atoms with van der Waals surface area (Å²) < 4.78 is 39.8. The van der Waals surface area contributed by atoms with Crippen LogP contribution in [0.25, 0.3) is 5.57 Å². The number of rotatable bonds is 6. The predicted molar refractivity (Wildman–Crippen MR) is 143 cm³/mol. The van der Waals surface area contributed by atoms with Gasteiger partial charge in [0.1, 0.15) is 12.0 Å². The van der Waals surface area contributed by atoms with Crippen LogP contribution in [0.15, 0.2) is 63.7 Å². The lowest BCUT2D eigenvalue weighted by Crippen LogP contribution is -2.64. The third-order valence-corrected chi connectivity index (χ3v) is 10.7. The number of aliphatic hydroxyl groups excluding tert-OH is 2. The molecule has 38 heavy (non-hydrogen) atoms. The van der Waals surface area contributed by atoms with E-state index in [0.717, 1.165) is 41.7 Å². The number of benzene rings is 1. The van der Waals surface area contributed by atoms with Gasteiger partial charge in [0.2, 0.25) is 10.0 Å². The molecule has 5 aliphatic rings. The second kappa shape index (κ2) is 9.69. The smallest absolute Gasteiger partial charge is 0.243 e. The van der Waals surface area contributed by atoms with Crippen molar-refractivity contribution in [2.75, 3.05) is 40.0 Å². The number of nitrogens with zero attached hydrogens (tertiary/aromatic N) is 3. The molecule has 0 aromatic heterocycles. The van der Waals surface area contributed by atoms with Crippen molar-refractivity contribution in [3.05, 3.63) is 59.4 Å². The maximum atomic E-state index is 13.5. The van der Waals surface area contributed by atoms with Crippen LogP contribution in [0.2, 0.25) is 0 Å². The van der Waals surface area contributed by atoms with Gasteiger partial charge in [-0.1, -0.05) is 24.3 Å². The molecule has 2 N–H and O–H groups in total. The highest BCUT2D eigenvalue weighted by Gasteiger charge is 2.55. The Morgan fingerprint density at radius 3 is 2.53 bits per heavy atom. The number of morpholine rings is 1. The summed E-state index contributed by atoms with van der Waals surface area (Å²) in [7, 11) is -2.01. The SMILES string of the molecule is COC1=CC2=CC=C(c3ccc(S(=O)(=O)N4CCC5(CC4)CN(C4(CO)CC4)C(O)CO5)cc3)CC2N=C1. The lowest BCUT2D eigenvalue weighted by atomic mass is 9.88. The summed E-state index contributed by atoms with van der Waals surface area (Å²) in [5, 5.41) is 20.3. The van der Waals surface area contributed by atoms with E-state index in [2.05, 4.69) is 11.1 Å². The Bertz CT molecular complexity index is 1300. The first kappa shape index (κ1) is 25.9. The second-order valence-electron chi connectivity index (χ2n) is 11.0. The zero-order chi connectivity index (χ0) is 26.5. The van der Waals surface area contributed by atoms with E-state index >= 15 is 0 Å². The van der Waals surface area contributed by atoms with Crippen LogP contribution in [0.5, 0.6) is 0 Å². The fourth-order valence-corrected chi connectivity index (χ4v) is 7.51. The molecule has 204 valence electrons. The number of piperidine rings is 1. The Morgan fingerprint density at radius 1 is 1.13 bits per heavy atom. The molecule has 3 heterocycles. The Balaban J connectivity index is 1.12. The van der Waals surface area contributed by atoms with Crippen molar-refractivity contribution >= 4 is 21.8 Å². The molecule has 3 aliphatic heterocycles. The topological polar surface area (TPSA) is 112 Å². The van der Waals surface area contributed by atoms with Crippen molar-refractivity contribution < 1.29 is 28.1 Å². The van der Waals surface area contributed by atoms with E-state index in [-0.39, 0.29) is 29.7 Å². The summed E-state index contributed by atoms with van der Waals surface area (Å²) in [6.07, 6.45) is 10.7. The average molecular weight is 542 g/mol. The molecular formula is C28H35N3O6S. The Hall–Kier alpha value is -2.34. The largest absolute Gasteiger partial charge is 0.495 e. The molecular weight excluding hydrogens is 506 g/mol. The minimum atomic E-state index is -3.64. The lowest BCUT2D eigenvalue weighted by Gasteiger charge is -2.50. The van der Waals surface area contributed by atoms with Crippen molar-refractivity contribution in [2.45, 2.75) is 60.4 Å². The van der Waals surface area contributed by atoms with E-state index in [1.807, 2.05) is 29.2 Å². The van der Waals surface area contributed by atoms with Crippen LogP contribution in [-0.2, 0) is 19.5 Å². The van der Waals surface area contributed by atoms with Crippen LogP contribution in [0, 0.1) is 0 Å². The van der Waals surface area contributed by atoms with Crippen molar-refractivity contribution in [1.82, 2.24) is 9.21 Å². The zero-order valence-electron chi connectivity index (χ0n) is 21.6. The summed E-state index contributed by atoms with van der Waals surface area (Å²) in [6.45, 7) is 1.42. The van der Waals surface area contributed by atoms with Crippen LogP contribution >= 0.6 is 0 Å². The molecule has 2 aliphatic carbocycles. The van der Waals surface area contributed by atoms with Crippen LogP contribution < -0.4 is 0 Å². The number of hydrogen-bond donors (Lipinski definition) is 2. The minimum Gasteiger partial charge on any atom is -0.495 e. The fraction of sp³-hybridized carbons (Fsp3) is 0.536. The van der Waals surface area contributed by atoms with E-state index in [1.165, 1.54) is 4.31 Å². The molecule has 0 amide bonds. The van der Waals surface area contributed by atoms with Gasteiger partial charge >= 0.3 is 0 Å². The molecule has 10 heteroatoms. The molecule has 2 unspecified atom stereocenters. The van der Waals surface area contributed by atoms with Crippen LogP contribution in [-0.4, -0.2) is 97.4 Å². The monoisotopic (exact) mass is 541 g/mol. The third kappa shape index (κ3) is 4.57. The summed E-state index contributed by atoms with van der Waals surface area (Å²) in [6, 6.07) is 7.17. The fourth-order valence-electron chi connectivity index (χ4n) is 6.07. The Kier molecular flexibility index (Phi) is 6.61. The highest BCUT2D eigenvalue weighted by Crippen LogP contribution is 2.46. The molecule has 1 aromatic rings. The normalized spacial score (nSPS) is 28.8. The summed E-state index contributed by atoms with van der Waals surface area (Å²) in [5.74, 6) is 0.740. The van der Waals surface area contributed by atoms with E-state index in [1.54, 1.807) is 25.5 Å². The van der Waals surface area contributed by atoms with Gasteiger partial charge in [0.05, 0.1) is 43.1 Å². The first-order chi connectivity index (χ1) is 18.3. The second-order valence-corrected chi connectivity index (χ2v) is 13.0.